The molecule has 0 aliphatic heterocycles. The van der Waals surface area contributed by atoms with Gasteiger partial charge in [0.2, 0.25) is 10.0 Å². The lowest BCUT2D eigenvalue weighted by atomic mass is 10.2. The largest absolute Gasteiger partial charge is 0.399 e. The van der Waals surface area contributed by atoms with E-state index in [4.69, 9.17) is 17.3 Å². The van der Waals surface area contributed by atoms with E-state index in [1.54, 1.807) is 25.1 Å². The molecule has 20 heavy (non-hydrogen) atoms. The minimum Gasteiger partial charge on any atom is -0.399 e. The molecule has 0 bridgehead atoms. The van der Waals surface area contributed by atoms with Gasteiger partial charge in [-0.15, -0.1) is 11.3 Å². The predicted octanol–water partition coefficient (Wildman–Crippen LogP) is 2.81. The SMILES string of the molecule is Cc1cc(S(=O)(=O)NCCc2ccc(Cl)s2)ccc1N. The number of sulfonamides is 1. The molecule has 0 saturated carbocycles. The summed E-state index contributed by atoms with van der Waals surface area (Å²) in [5.74, 6) is 0. The zero-order chi connectivity index (χ0) is 14.8. The van der Waals surface area contributed by atoms with Crippen molar-refractivity contribution >= 4 is 38.6 Å². The number of nitrogens with two attached hydrogens (primary N) is 1. The first-order valence-corrected chi connectivity index (χ1v) is 8.66. The van der Waals surface area contributed by atoms with Gasteiger partial charge in [0.05, 0.1) is 9.23 Å². The third kappa shape index (κ3) is 3.73. The van der Waals surface area contributed by atoms with Gasteiger partial charge in [-0.2, -0.15) is 0 Å². The molecule has 7 heteroatoms. The molecule has 0 unspecified atom stereocenters. The number of nitrogens with one attached hydrogen (secondary N) is 1. The molecule has 0 amide bonds. The van der Waals surface area contributed by atoms with Crippen LogP contribution in [0.3, 0.4) is 0 Å². The highest BCUT2D eigenvalue weighted by molar-refractivity contribution is 7.89. The van der Waals surface area contributed by atoms with Crippen LogP contribution >= 0.6 is 22.9 Å². The minimum atomic E-state index is -3.50. The monoisotopic (exact) mass is 330 g/mol. The summed E-state index contributed by atoms with van der Waals surface area (Å²) < 4.78 is 27.5. The highest BCUT2D eigenvalue weighted by atomic mass is 35.5. The molecule has 3 N–H and O–H groups in total. The van der Waals surface area contributed by atoms with E-state index >= 15 is 0 Å². The van der Waals surface area contributed by atoms with Gasteiger partial charge < -0.3 is 5.73 Å². The summed E-state index contributed by atoms with van der Waals surface area (Å²) in [5.41, 5.74) is 7.01. The Morgan fingerprint density at radius 1 is 1.30 bits per heavy atom. The van der Waals surface area contributed by atoms with E-state index in [9.17, 15) is 8.42 Å². The molecule has 2 rings (SSSR count). The molecule has 1 heterocycles. The predicted molar refractivity (Wildman–Crippen MR) is 83.8 cm³/mol. The summed E-state index contributed by atoms with van der Waals surface area (Å²) >= 11 is 7.28. The van der Waals surface area contributed by atoms with Crippen LogP contribution < -0.4 is 10.5 Å². The van der Waals surface area contributed by atoms with Gasteiger partial charge in [0.25, 0.3) is 0 Å². The Balaban J connectivity index is 2.02. The van der Waals surface area contributed by atoms with Crippen molar-refractivity contribution in [1.29, 1.82) is 0 Å². The lowest BCUT2D eigenvalue weighted by Crippen LogP contribution is -2.25. The standard InChI is InChI=1S/C13H15ClN2O2S2/c1-9-8-11(3-4-12(9)15)20(17,18)16-7-6-10-2-5-13(14)19-10/h2-5,8,16H,6-7,15H2,1H3. The second-order valence-corrected chi connectivity index (χ2v) is 7.94. The van der Waals surface area contributed by atoms with Crippen LogP contribution in [0.25, 0.3) is 0 Å². The first-order chi connectivity index (χ1) is 9.38. The summed E-state index contributed by atoms with van der Waals surface area (Å²) in [6.45, 7) is 2.12. The van der Waals surface area contributed by atoms with E-state index in [0.717, 1.165) is 10.4 Å². The van der Waals surface area contributed by atoms with Crippen molar-refractivity contribution in [3.8, 4) is 0 Å². The second kappa shape index (κ2) is 6.13. The van der Waals surface area contributed by atoms with Crippen molar-refractivity contribution < 1.29 is 8.42 Å². The molecule has 0 spiro atoms. The number of benzene rings is 1. The fraction of sp³-hybridized carbons (Fsp3) is 0.231. The van der Waals surface area contributed by atoms with Crippen LogP contribution in [0.2, 0.25) is 4.34 Å². The maximum Gasteiger partial charge on any atom is 0.240 e. The summed E-state index contributed by atoms with van der Waals surface area (Å²) in [7, 11) is -3.50. The molecule has 4 nitrogen and oxygen atoms in total. The molecule has 0 fully saturated rings. The van der Waals surface area contributed by atoms with E-state index in [2.05, 4.69) is 4.72 Å². The van der Waals surface area contributed by atoms with E-state index in [0.29, 0.717) is 23.0 Å². The van der Waals surface area contributed by atoms with E-state index in [1.165, 1.54) is 17.4 Å². The number of aryl methyl sites for hydroxylation is 1. The van der Waals surface area contributed by atoms with E-state index in [-0.39, 0.29) is 4.90 Å². The fourth-order valence-corrected chi connectivity index (χ4v) is 3.90. The van der Waals surface area contributed by atoms with Crippen LogP contribution in [-0.2, 0) is 16.4 Å². The van der Waals surface area contributed by atoms with Crippen LogP contribution in [0.1, 0.15) is 10.4 Å². The maximum absolute atomic E-state index is 12.1. The zero-order valence-corrected chi connectivity index (χ0v) is 13.3. The topological polar surface area (TPSA) is 72.2 Å². The van der Waals surface area contributed by atoms with Crippen molar-refractivity contribution in [2.24, 2.45) is 0 Å². The summed E-state index contributed by atoms with van der Waals surface area (Å²) in [6.07, 6.45) is 0.616. The molecule has 2 aromatic rings. The van der Waals surface area contributed by atoms with Crippen molar-refractivity contribution in [3.05, 3.63) is 45.1 Å². The highest BCUT2D eigenvalue weighted by Crippen LogP contribution is 2.21. The lowest BCUT2D eigenvalue weighted by Gasteiger charge is -2.08. The Morgan fingerprint density at radius 2 is 2.05 bits per heavy atom. The van der Waals surface area contributed by atoms with Crippen LogP contribution in [0.4, 0.5) is 5.69 Å². The Hall–Kier alpha value is -1.08. The number of anilines is 1. The number of rotatable bonds is 5. The molecule has 0 aliphatic carbocycles. The van der Waals surface area contributed by atoms with Gasteiger partial charge in [-0.1, -0.05) is 11.6 Å². The van der Waals surface area contributed by atoms with Crippen molar-refractivity contribution in [2.45, 2.75) is 18.2 Å². The Kier molecular flexibility index (Phi) is 4.70. The number of hydrogen-bond donors (Lipinski definition) is 2. The molecular weight excluding hydrogens is 316 g/mol. The molecule has 1 aromatic heterocycles. The average molecular weight is 331 g/mol. The van der Waals surface area contributed by atoms with Gasteiger partial charge in [0.15, 0.2) is 0 Å². The minimum absolute atomic E-state index is 0.230. The number of nitrogen functional groups attached to an aromatic ring is 1. The first kappa shape index (κ1) is 15.3. The van der Waals surface area contributed by atoms with Crippen molar-refractivity contribution in [2.75, 3.05) is 12.3 Å². The van der Waals surface area contributed by atoms with Crippen LogP contribution in [0.15, 0.2) is 35.2 Å². The molecule has 0 radical (unpaired) electrons. The van der Waals surface area contributed by atoms with E-state index in [1.807, 2.05) is 6.07 Å². The lowest BCUT2D eigenvalue weighted by molar-refractivity contribution is 0.582. The van der Waals surface area contributed by atoms with Gasteiger partial charge in [0.1, 0.15) is 0 Å². The molecule has 0 aliphatic rings. The van der Waals surface area contributed by atoms with Gasteiger partial charge in [-0.25, -0.2) is 13.1 Å². The van der Waals surface area contributed by atoms with Gasteiger partial charge in [-0.3, -0.25) is 0 Å². The molecular formula is C13H15ClN2O2S2. The number of halogens is 1. The highest BCUT2D eigenvalue weighted by Gasteiger charge is 2.14. The average Bonchev–Trinajstić information content (AvgIpc) is 2.78. The zero-order valence-electron chi connectivity index (χ0n) is 10.9. The third-order valence-corrected chi connectivity index (χ3v) is 5.59. The Labute approximate surface area is 127 Å². The maximum atomic E-state index is 12.1. The van der Waals surface area contributed by atoms with Crippen LogP contribution in [-0.4, -0.2) is 15.0 Å². The normalized spacial score (nSPS) is 11.7. The first-order valence-electron chi connectivity index (χ1n) is 5.98. The second-order valence-electron chi connectivity index (χ2n) is 4.37. The third-order valence-electron chi connectivity index (χ3n) is 2.84. The molecule has 108 valence electrons. The van der Waals surface area contributed by atoms with Crippen LogP contribution in [0, 0.1) is 6.92 Å². The Morgan fingerprint density at radius 3 is 2.65 bits per heavy atom. The van der Waals surface area contributed by atoms with Crippen molar-refractivity contribution in [1.82, 2.24) is 4.72 Å². The smallest absolute Gasteiger partial charge is 0.240 e. The fourth-order valence-electron chi connectivity index (χ4n) is 1.69. The quantitative estimate of drug-likeness (QED) is 0.828. The summed E-state index contributed by atoms with van der Waals surface area (Å²) in [5, 5.41) is 0. The van der Waals surface area contributed by atoms with E-state index < -0.39 is 10.0 Å². The molecule has 0 saturated heterocycles. The van der Waals surface area contributed by atoms with Gasteiger partial charge >= 0.3 is 0 Å². The van der Waals surface area contributed by atoms with Gasteiger partial charge in [0, 0.05) is 17.1 Å². The molecule has 1 aromatic carbocycles. The molecule has 0 atom stereocenters. The van der Waals surface area contributed by atoms with Crippen molar-refractivity contribution in [3.63, 3.8) is 0 Å². The van der Waals surface area contributed by atoms with Gasteiger partial charge in [-0.05, 0) is 49.2 Å². The summed E-state index contributed by atoms with van der Waals surface area (Å²) in [6, 6.07) is 8.38. The van der Waals surface area contributed by atoms with Crippen LogP contribution in [0.5, 0.6) is 0 Å². The Bertz CT molecular complexity index is 711. The summed E-state index contributed by atoms with van der Waals surface area (Å²) in [4.78, 5) is 1.28. The number of hydrogen-bond acceptors (Lipinski definition) is 4. The number of thiophene rings is 1.